The summed E-state index contributed by atoms with van der Waals surface area (Å²) in [5.74, 6) is 0.388. The van der Waals surface area contributed by atoms with Crippen LogP contribution in [0, 0.1) is 5.82 Å². The molecule has 0 bridgehead atoms. The van der Waals surface area contributed by atoms with Gasteiger partial charge in [0, 0.05) is 17.8 Å². The van der Waals surface area contributed by atoms with Gasteiger partial charge in [0.25, 0.3) is 5.91 Å². The lowest BCUT2D eigenvalue weighted by atomic mass is 9.94. The van der Waals surface area contributed by atoms with E-state index in [2.05, 4.69) is 16.0 Å². The molecule has 0 fully saturated rings. The molecule has 0 spiro atoms. The van der Waals surface area contributed by atoms with Crippen molar-refractivity contribution in [3.05, 3.63) is 107 Å². The monoisotopic (exact) mass is 491 g/mol. The van der Waals surface area contributed by atoms with Crippen LogP contribution < -0.4 is 25.4 Å². The third-order valence-electron chi connectivity index (χ3n) is 5.67. The normalized spacial score (nSPS) is 15.2. The summed E-state index contributed by atoms with van der Waals surface area (Å²) in [7, 11) is 1.53. The van der Waals surface area contributed by atoms with Crippen LogP contribution in [0.1, 0.15) is 29.7 Å². The third-order valence-corrected chi connectivity index (χ3v) is 5.89. The Balaban J connectivity index is 1.56. The maximum atomic E-state index is 14.0. The molecule has 0 saturated heterocycles. The topological polar surface area (TPSA) is 71.6 Å². The Hall–Kier alpha value is -3.91. The molecule has 1 amide bonds. The summed E-state index contributed by atoms with van der Waals surface area (Å²) in [5, 5.41) is 9.63. The molecular weight excluding hydrogens is 465 g/mol. The summed E-state index contributed by atoms with van der Waals surface area (Å²) in [6, 6.07) is 21.0. The first-order valence-corrected chi connectivity index (χ1v) is 11.5. The number of ether oxygens (including phenoxy) is 2. The van der Waals surface area contributed by atoms with Gasteiger partial charge in [-0.15, -0.1) is 0 Å². The second kappa shape index (κ2) is 11.0. The van der Waals surface area contributed by atoms with Crippen molar-refractivity contribution >= 4 is 23.2 Å². The molecule has 1 heterocycles. The zero-order chi connectivity index (χ0) is 24.8. The van der Waals surface area contributed by atoms with E-state index in [1.54, 1.807) is 30.3 Å². The van der Waals surface area contributed by atoms with E-state index in [0.29, 0.717) is 40.0 Å². The van der Waals surface area contributed by atoms with Crippen molar-refractivity contribution in [3.63, 3.8) is 0 Å². The summed E-state index contributed by atoms with van der Waals surface area (Å²) >= 11 is 5.36. The SMILES string of the molecule is COc1cc([C@H]2NC(=S)NC(C)=C2C(=O)NCc2ccccc2)ccc1OCc1ccccc1F. The molecule has 0 unspecified atom stereocenters. The number of carbonyl (C=O) groups is 1. The highest BCUT2D eigenvalue weighted by molar-refractivity contribution is 7.80. The van der Waals surface area contributed by atoms with Gasteiger partial charge in [0.2, 0.25) is 0 Å². The van der Waals surface area contributed by atoms with Gasteiger partial charge in [0.05, 0.1) is 18.7 Å². The maximum absolute atomic E-state index is 14.0. The van der Waals surface area contributed by atoms with Crippen molar-refractivity contribution in [1.29, 1.82) is 0 Å². The molecule has 0 saturated carbocycles. The number of amides is 1. The number of benzene rings is 3. The van der Waals surface area contributed by atoms with Crippen molar-refractivity contribution in [2.24, 2.45) is 0 Å². The van der Waals surface area contributed by atoms with Crippen LogP contribution in [-0.4, -0.2) is 18.1 Å². The Kier molecular flexibility index (Phi) is 7.62. The van der Waals surface area contributed by atoms with Crippen molar-refractivity contribution in [2.45, 2.75) is 26.1 Å². The fourth-order valence-electron chi connectivity index (χ4n) is 3.87. The van der Waals surface area contributed by atoms with Crippen LogP contribution >= 0.6 is 12.2 Å². The second-order valence-electron chi connectivity index (χ2n) is 8.03. The van der Waals surface area contributed by atoms with E-state index in [0.717, 1.165) is 11.1 Å². The fraction of sp³-hybridized carbons (Fsp3) is 0.185. The molecule has 1 aliphatic rings. The number of thiocarbonyl (C=S) groups is 1. The van der Waals surface area contributed by atoms with E-state index in [1.807, 2.05) is 43.3 Å². The van der Waals surface area contributed by atoms with Crippen LogP contribution in [0.4, 0.5) is 4.39 Å². The van der Waals surface area contributed by atoms with Gasteiger partial charge in [-0.05, 0) is 48.5 Å². The number of hydrogen-bond donors (Lipinski definition) is 3. The van der Waals surface area contributed by atoms with Crippen LogP contribution in [0.5, 0.6) is 11.5 Å². The van der Waals surface area contributed by atoms with Gasteiger partial charge in [-0.2, -0.15) is 0 Å². The average Bonchev–Trinajstić information content (AvgIpc) is 2.87. The zero-order valence-electron chi connectivity index (χ0n) is 19.4. The van der Waals surface area contributed by atoms with Gasteiger partial charge in [0.1, 0.15) is 12.4 Å². The number of nitrogens with one attached hydrogen (secondary N) is 3. The van der Waals surface area contributed by atoms with Crippen molar-refractivity contribution in [1.82, 2.24) is 16.0 Å². The fourth-order valence-corrected chi connectivity index (χ4v) is 4.14. The first-order valence-electron chi connectivity index (χ1n) is 11.1. The molecule has 0 aliphatic carbocycles. The minimum Gasteiger partial charge on any atom is -0.493 e. The number of methoxy groups -OCH3 is 1. The number of rotatable bonds is 8. The summed E-state index contributed by atoms with van der Waals surface area (Å²) < 4.78 is 25.3. The van der Waals surface area contributed by atoms with E-state index in [-0.39, 0.29) is 18.3 Å². The predicted molar refractivity (Wildman–Crippen MR) is 136 cm³/mol. The molecule has 180 valence electrons. The molecule has 8 heteroatoms. The molecule has 1 aliphatic heterocycles. The Morgan fingerprint density at radius 3 is 2.54 bits per heavy atom. The predicted octanol–water partition coefficient (Wildman–Crippen LogP) is 4.52. The van der Waals surface area contributed by atoms with Gasteiger partial charge in [-0.25, -0.2) is 4.39 Å². The van der Waals surface area contributed by atoms with E-state index in [1.165, 1.54) is 13.2 Å². The van der Waals surface area contributed by atoms with Crippen LogP contribution in [0.25, 0.3) is 0 Å². The van der Waals surface area contributed by atoms with E-state index in [9.17, 15) is 9.18 Å². The molecule has 1 atom stereocenters. The van der Waals surface area contributed by atoms with Crippen molar-refractivity contribution < 1.29 is 18.7 Å². The van der Waals surface area contributed by atoms with Gasteiger partial charge in [0.15, 0.2) is 16.6 Å². The molecular formula is C27H26FN3O3S. The summed E-state index contributed by atoms with van der Waals surface area (Å²) in [6.45, 7) is 2.28. The maximum Gasteiger partial charge on any atom is 0.251 e. The quantitative estimate of drug-likeness (QED) is 0.403. The standard InChI is InChI=1S/C27H26FN3O3S/c1-17-24(26(32)29-15-18-8-4-3-5-9-18)25(31-27(35)30-17)19-12-13-22(23(14-19)33-2)34-16-20-10-6-7-11-21(20)28/h3-14,25H,15-16H2,1-2H3,(H,29,32)(H2,30,31,35)/t25-/m1/s1. The lowest BCUT2D eigenvalue weighted by Crippen LogP contribution is -2.46. The lowest BCUT2D eigenvalue weighted by molar-refractivity contribution is -0.118. The second-order valence-corrected chi connectivity index (χ2v) is 8.44. The number of halogens is 1. The Morgan fingerprint density at radius 2 is 1.80 bits per heavy atom. The highest BCUT2D eigenvalue weighted by Gasteiger charge is 2.30. The number of hydrogen-bond acceptors (Lipinski definition) is 4. The van der Waals surface area contributed by atoms with Crippen LogP contribution in [0.2, 0.25) is 0 Å². The molecule has 3 aromatic carbocycles. The lowest BCUT2D eigenvalue weighted by Gasteiger charge is -2.30. The molecule has 35 heavy (non-hydrogen) atoms. The summed E-state index contributed by atoms with van der Waals surface area (Å²) in [4.78, 5) is 13.2. The smallest absolute Gasteiger partial charge is 0.251 e. The van der Waals surface area contributed by atoms with E-state index < -0.39 is 6.04 Å². The number of carbonyl (C=O) groups excluding carboxylic acids is 1. The molecule has 3 aromatic rings. The summed E-state index contributed by atoms with van der Waals surface area (Å²) in [5.41, 5.74) is 3.41. The number of allylic oxidation sites excluding steroid dienone is 1. The Labute approximate surface area is 209 Å². The van der Waals surface area contributed by atoms with Crippen molar-refractivity contribution in [2.75, 3.05) is 7.11 Å². The van der Waals surface area contributed by atoms with Gasteiger partial charge in [-0.1, -0.05) is 54.6 Å². The van der Waals surface area contributed by atoms with Gasteiger partial charge < -0.3 is 25.4 Å². The third kappa shape index (κ3) is 5.78. The van der Waals surface area contributed by atoms with Gasteiger partial charge >= 0.3 is 0 Å². The van der Waals surface area contributed by atoms with Gasteiger partial charge in [-0.3, -0.25) is 4.79 Å². The van der Waals surface area contributed by atoms with Crippen LogP contribution in [0.3, 0.4) is 0 Å². The molecule has 3 N–H and O–H groups in total. The Bertz CT molecular complexity index is 1260. The minimum absolute atomic E-state index is 0.0597. The molecule has 6 nitrogen and oxygen atoms in total. The van der Waals surface area contributed by atoms with Crippen molar-refractivity contribution in [3.8, 4) is 11.5 Å². The zero-order valence-corrected chi connectivity index (χ0v) is 20.2. The Morgan fingerprint density at radius 1 is 1.06 bits per heavy atom. The highest BCUT2D eigenvalue weighted by atomic mass is 32.1. The minimum atomic E-state index is -0.492. The first-order chi connectivity index (χ1) is 17.0. The largest absolute Gasteiger partial charge is 0.493 e. The first kappa shape index (κ1) is 24.2. The average molecular weight is 492 g/mol. The van der Waals surface area contributed by atoms with Crippen LogP contribution in [0.15, 0.2) is 84.1 Å². The summed E-state index contributed by atoms with van der Waals surface area (Å²) in [6.07, 6.45) is 0. The molecule has 4 rings (SSSR count). The van der Waals surface area contributed by atoms with E-state index in [4.69, 9.17) is 21.7 Å². The highest BCUT2D eigenvalue weighted by Crippen LogP contribution is 2.34. The molecule has 0 aromatic heterocycles. The molecule has 0 radical (unpaired) electrons. The van der Waals surface area contributed by atoms with E-state index >= 15 is 0 Å². The van der Waals surface area contributed by atoms with Crippen LogP contribution in [-0.2, 0) is 17.9 Å².